The van der Waals surface area contributed by atoms with Gasteiger partial charge in [-0.25, -0.2) is 8.42 Å². The molecule has 1 N–H and O–H groups in total. The molecule has 1 amide bonds. The van der Waals surface area contributed by atoms with E-state index in [1.54, 1.807) is 24.3 Å². The van der Waals surface area contributed by atoms with Crippen molar-refractivity contribution in [2.45, 2.75) is 44.4 Å². The minimum Gasteiger partial charge on any atom is -0.451 e. The number of carbonyl (C=O) groups excluding carboxylic acids is 1. The Hall–Kier alpha value is -2.60. The summed E-state index contributed by atoms with van der Waals surface area (Å²) in [6, 6.07) is 13.3. The van der Waals surface area contributed by atoms with Crippen LogP contribution in [0.1, 0.15) is 58.6 Å². The number of rotatable bonds is 5. The molecule has 1 unspecified atom stereocenters. The van der Waals surface area contributed by atoms with Crippen LogP contribution in [-0.2, 0) is 28.4 Å². The summed E-state index contributed by atoms with van der Waals surface area (Å²) in [4.78, 5) is 13.0. The van der Waals surface area contributed by atoms with Gasteiger partial charge in [-0.15, -0.1) is 0 Å². The van der Waals surface area contributed by atoms with Crippen LogP contribution in [0.2, 0.25) is 0 Å². The zero-order chi connectivity index (χ0) is 20.6. The average Bonchev–Trinajstić information content (AvgIpc) is 3.04. The lowest BCUT2D eigenvalue weighted by Crippen LogP contribution is -2.27. The first kappa shape index (κ1) is 19.7. The van der Waals surface area contributed by atoms with E-state index in [-0.39, 0.29) is 17.6 Å². The SMILES string of the molecule is CC(NC(=O)c1oc2ccccc2c1CS(C)(=O)=O)c1ccc2c(c1)CCCC2. The maximum Gasteiger partial charge on any atom is 0.287 e. The van der Waals surface area contributed by atoms with Crippen molar-refractivity contribution in [2.24, 2.45) is 0 Å². The Labute approximate surface area is 171 Å². The number of carbonyl (C=O) groups is 1. The van der Waals surface area contributed by atoms with Gasteiger partial charge in [0, 0.05) is 17.2 Å². The largest absolute Gasteiger partial charge is 0.451 e. The standard InChI is InChI=1S/C23H25NO4S/c1-15(17-12-11-16-7-3-4-8-18(16)13-17)24-23(25)22-20(14-29(2,26)27)19-9-5-6-10-21(19)28-22/h5-6,9-13,15H,3-4,7-8,14H2,1-2H3,(H,24,25). The van der Waals surface area contributed by atoms with Crippen molar-refractivity contribution in [1.29, 1.82) is 0 Å². The number of nitrogens with one attached hydrogen (secondary N) is 1. The summed E-state index contributed by atoms with van der Waals surface area (Å²) in [5.41, 5.74) is 4.72. The summed E-state index contributed by atoms with van der Waals surface area (Å²) in [5.74, 6) is -0.563. The first-order chi connectivity index (χ1) is 13.8. The third-order valence-corrected chi connectivity index (χ3v) is 6.34. The van der Waals surface area contributed by atoms with Gasteiger partial charge < -0.3 is 9.73 Å². The van der Waals surface area contributed by atoms with E-state index in [1.165, 1.54) is 24.0 Å². The first-order valence-corrected chi connectivity index (χ1v) is 12.0. The Balaban J connectivity index is 1.63. The van der Waals surface area contributed by atoms with E-state index >= 15 is 0 Å². The molecule has 1 heterocycles. The molecule has 0 saturated carbocycles. The van der Waals surface area contributed by atoms with Gasteiger partial charge in [-0.1, -0.05) is 36.4 Å². The van der Waals surface area contributed by atoms with Crippen molar-refractivity contribution in [1.82, 2.24) is 5.32 Å². The van der Waals surface area contributed by atoms with Gasteiger partial charge in [-0.2, -0.15) is 0 Å². The van der Waals surface area contributed by atoms with Crippen LogP contribution in [0.25, 0.3) is 11.0 Å². The molecule has 0 bridgehead atoms. The minimum atomic E-state index is -3.33. The Morgan fingerprint density at radius 1 is 1.10 bits per heavy atom. The van der Waals surface area contributed by atoms with Gasteiger partial charge in [0.15, 0.2) is 15.6 Å². The summed E-state index contributed by atoms with van der Waals surface area (Å²) in [6.45, 7) is 1.93. The Morgan fingerprint density at radius 3 is 2.59 bits per heavy atom. The second kappa shape index (κ2) is 7.67. The van der Waals surface area contributed by atoms with Crippen LogP contribution in [0.15, 0.2) is 46.9 Å². The molecule has 1 aliphatic rings. The smallest absolute Gasteiger partial charge is 0.287 e. The zero-order valence-corrected chi connectivity index (χ0v) is 17.5. The highest BCUT2D eigenvalue weighted by Crippen LogP contribution is 2.29. The highest BCUT2D eigenvalue weighted by atomic mass is 32.2. The predicted molar refractivity (Wildman–Crippen MR) is 114 cm³/mol. The second-order valence-electron chi connectivity index (χ2n) is 7.91. The van der Waals surface area contributed by atoms with Gasteiger partial charge in [-0.3, -0.25) is 4.79 Å². The normalized spacial score (nSPS) is 15.1. The van der Waals surface area contributed by atoms with E-state index < -0.39 is 15.7 Å². The molecule has 0 saturated heterocycles. The Bertz CT molecular complexity index is 1180. The maximum atomic E-state index is 13.0. The first-order valence-electron chi connectivity index (χ1n) is 9.92. The van der Waals surface area contributed by atoms with Crippen LogP contribution >= 0.6 is 0 Å². The maximum absolute atomic E-state index is 13.0. The Kier molecular flexibility index (Phi) is 5.21. The van der Waals surface area contributed by atoms with Crippen LogP contribution in [-0.4, -0.2) is 20.6 Å². The number of benzene rings is 2. The molecule has 5 nitrogen and oxygen atoms in total. The van der Waals surface area contributed by atoms with Crippen LogP contribution < -0.4 is 5.32 Å². The fourth-order valence-corrected chi connectivity index (χ4v) is 4.87. The predicted octanol–water partition coefficient (Wildman–Crippen LogP) is 4.35. The van der Waals surface area contributed by atoms with Gasteiger partial charge in [0.25, 0.3) is 5.91 Å². The van der Waals surface area contributed by atoms with E-state index in [2.05, 4.69) is 23.5 Å². The number of para-hydroxylation sites is 1. The number of hydrogen-bond acceptors (Lipinski definition) is 4. The molecule has 6 heteroatoms. The number of sulfone groups is 1. The number of aryl methyl sites for hydroxylation is 2. The zero-order valence-electron chi connectivity index (χ0n) is 16.7. The van der Waals surface area contributed by atoms with Crippen LogP contribution in [0, 0.1) is 0 Å². The molecular weight excluding hydrogens is 386 g/mol. The van der Waals surface area contributed by atoms with Gasteiger partial charge in [0.1, 0.15) is 5.58 Å². The van der Waals surface area contributed by atoms with E-state index in [4.69, 9.17) is 4.42 Å². The molecule has 0 spiro atoms. The molecule has 4 rings (SSSR count). The molecule has 1 aliphatic carbocycles. The number of fused-ring (bicyclic) bond motifs is 2. The minimum absolute atomic E-state index is 0.0708. The molecule has 0 radical (unpaired) electrons. The highest BCUT2D eigenvalue weighted by molar-refractivity contribution is 7.89. The molecule has 2 aromatic carbocycles. The van der Waals surface area contributed by atoms with E-state index in [0.29, 0.717) is 16.5 Å². The van der Waals surface area contributed by atoms with Gasteiger partial charge in [0.05, 0.1) is 11.8 Å². The van der Waals surface area contributed by atoms with E-state index in [9.17, 15) is 13.2 Å². The van der Waals surface area contributed by atoms with Crippen molar-refractivity contribution < 1.29 is 17.6 Å². The summed E-state index contributed by atoms with van der Waals surface area (Å²) in [6.07, 6.45) is 5.78. The lowest BCUT2D eigenvalue weighted by Gasteiger charge is -2.20. The molecule has 0 fully saturated rings. The summed E-state index contributed by atoms with van der Waals surface area (Å²) in [7, 11) is -3.33. The number of furan rings is 1. The van der Waals surface area contributed by atoms with Crippen molar-refractivity contribution >= 4 is 26.7 Å². The fourth-order valence-electron chi connectivity index (χ4n) is 4.06. The molecule has 29 heavy (non-hydrogen) atoms. The number of hydrogen-bond donors (Lipinski definition) is 1. The monoisotopic (exact) mass is 411 g/mol. The summed E-state index contributed by atoms with van der Waals surface area (Å²) < 4.78 is 29.6. The van der Waals surface area contributed by atoms with Gasteiger partial charge in [0.2, 0.25) is 0 Å². The van der Waals surface area contributed by atoms with Crippen molar-refractivity contribution in [3.8, 4) is 0 Å². The van der Waals surface area contributed by atoms with Gasteiger partial charge in [-0.05, 0) is 55.4 Å². The topological polar surface area (TPSA) is 76.4 Å². The van der Waals surface area contributed by atoms with Crippen molar-refractivity contribution in [3.63, 3.8) is 0 Å². The number of amides is 1. The van der Waals surface area contributed by atoms with E-state index in [1.807, 2.05) is 6.92 Å². The van der Waals surface area contributed by atoms with Gasteiger partial charge >= 0.3 is 0 Å². The molecule has 1 atom stereocenters. The lowest BCUT2D eigenvalue weighted by molar-refractivity contribution is 0.0913. The van der Waals surface area contributed by atoms with Crippen molar-refractivity contribution in [2.75, 3.05) is 6.26 Å². The quantitative estimate of drug-likeness (QED) is 0.677. The van der Waals surface area contributed by atoms with Crippen LogP contribution in [0.4, 0.5) is 0 Å². The summed E-state index contributed by atoms with van der Waals surface area (Å²) in [5, 5.41) is 3.64. The third-order valence-electron chi connectivity index (χ3n) is 5.53. The van der Waals surface area contributed by atoms with Crippen molar-refractivity contribution in [3.05, 3.63) is 70.5 Å². The second-order valence-corrected chi connectivity index (χ2v) is 10.0. The summed E-state index contributed by atoms with van der Waals surface area (Å²) >= 11 is 0. The third kappa shape index (κ3) is 4.22. The molecule has 1 aromatic heterocycles. The molecule has 152 valence electrons. The Morgan fingerprint density at radius 2 is 1.83 bits per heavy atom. The van der Waals surface area contributed by atoms with Crippen LogP contribution in [0.3, 0.4) is 0 Å². The molecule has 0 aliphatic heterocycles. The molecule has 3 aromatic rings. The van der Waals surface area contributed by atoms with E-state index in [0.717, 1.165) is 24.7 Å². The van der Waals surface area contributed by atoms with Crippen LogP contribution in [0.5, 0.6) is 0 Å². The fraction of sp³-hybridized carbons (Fsp3) is 0.348. The lowest BCUT2D eigenvalue weighted by atomic mass is 9.89. The highest BCUT2D eigenvalue weighted by Gasteiger charge is 2.24. The average molecular weight is 412 g/mol. The molecular formula is C23H25NO4S.